The van der Waals surface area contributed by atoms with Gasteiger partial charge in [0.15, 0.2) is 0 Å². The van der Waals surface area contributed by atoms with Crippen LogP contribution in [-0.2, 0) is 7.05 Å². The van der Waals surface area contributed by atoms with Crippen molar-refractivity contribution < 1.29 is 4.79 Å². The van der Waals surface area contributed by atoms with E-state index in [1.165, 1.54) is 0 Å². The van der Waals surface area contributed by atoms with Crippen molar-refractivity contribution in [3.63, 3.8) is 0 Å². The normalized spacial score (nSPS) is 18.3. The number of amides is 1. The number of rotatable bonds is 3. The summed E-state index contributed by atoms with van der Waals surface area (Å²) in [5.74, 6) is 0.135. The lowest BCUT2D eigenvalue weighted by atomic mass is 9.82. The first-order valence-electron chi connectivity index (χ1n) is 6.80. The lowest BCUT2D eigenvalue weighted by Gasteiger charge is -2.26. The van der Waals surface area contributed by atoms with Crippen LogP contribution in [0.5, 0.6) is 0 Å². The first-order valence-corrected chi connectivity index (χ1v) is 6.80. The Morgan fingerprint density at radius 3 is 2.56 bits per heavy atom. The van der Waals surface area contributed by atoms with Gasteiger partial charge in [0.05, 0.1) is 12.0 Å². The molecule has 1 amide bonds. The molecule has 1 saturated heterocycles. The van der Waals surface area contributed by atoms with Gasteiger partial charge in [-0.3, -0.25) is 4.79 Å². The Labute approximate surface area is 109 Å². The standard InChI is InChI=1S/C14H23N3O/c1-5-14(6-2)7-8-17(9-14)13(18)12-11(3)15-10-16(12)4/h10H,5-9H2,1-4H3. The van der Waals surface area contributed by atoms with E-state index in [-0.39, 0.29) is 5.91 Å². The number of aromatic nitrogens is 2. The van der Waals surface area contributed by atoms with E-state index in [4.69, 9.17) is 0 Å². The maximum atomic E-state index is 12.5. The molecule has 100 valence electrons. The molecule has 2 heterocycles. The second kappa shape index (κ2) is 4.75. The maximum absolute atomic E-state index is 12.5. The minimum absolute atomic E-state index is 0.135. The molecular formula is C14H23N3O. The van der Waals surface area contributed by atoms with Crippen LogP contribution in [-0.4, -0.2) is 33.4 Å². The van der Waals surface area contributed by atoms with Gasteiger partial charge in [0, 0.05) is 20.1 Å². The minimum atomic E-state index is 0.135. The van der Waals surface area contributed by atoms with Gasteiger partial charge in [0.1, 0.15) is 5.69 Å². The molecule has 0 saturated carbocycles. The molecule has 0 bridgehead atoms. The smallest absolute Gasteiger partial charge is 0.272 e. The van der Waals surface area contributed by atoms with Crippen LogP contribution in [0.15, 0.2) is 6.33 Å². The Hall–Kier alpha value is -1.32. The molecule has 0 aromatic carbocycles. The SMILES string of the molecule is CCC1(CC)CCN(C(=O)c2c(C)ncn2C)C1. The van der Waals surface area contributed by atoms with E-state index < -0.39 is 0 Å². The molecule has 1 fully saturated rings. The highest BCUT2D eigenvalue weighted by Gasteiger charge is 2.38. The molecule has 1 aromatic heterocycles. The highest BCUT2D eigenvalue weighted by Crippen LogP contribution is 2.37. The summed E-state index contributed by atoms with van der Waals surface area (Å²) < 4.78 is 1.83. The number of carbonyl (C=O) groups excluding carboxylic acids is 1. The third kappa shape index (κ3) is 2.04. The molecule has 4 heteroatoms. The highest BCUT2D eigenvalue weighted by molar-refractivity contribution is 5.93. The number of hydrogen-bond acceptors (Lipinski definition) is 2. The maximum Gasteiger partial charge on any atom is 0.272 e. The van der Waals surface area contributed by atoms with Gasteiger partial charge in [-0.25, -0.2) is 4.98 Å². The van der Waals surface area contributed by atoms with Crippen molar-refractivity contribution in [2.24, 2.45) is 12.5 Å². The van der Waals surface area contributed by atoms with Gasteiger partial charge >= 0.3 is 0 Å². The third-order valence-electron chi connectivity index (χ3n) is 4.55. The fourth-order valence-corrected chi connectivity index (χ4v) is 2.94. The van der Waals surface area contributed by atoms with Crippen LogP contribution < -0.4 is 0 Å². The van der Waals surface area contributed by atoms with Crippen molar-refractivity contribution in [3.8, 4) is 0 Å². The van der Waals surface area contributed by atoms with Gasteiger partial charge in [-0.1, -0.05) is 13.8 Å². The predicted molar refractivity (Wildman–Crippen MR) is 71.5 cm³/mol. The largest absolute Gasteiger partial charge is 0.337 e. The van der Waals surface area contributed by atoms with Gasteiger partial charge in [0.25, 0.3) is 5.91 Å². The van der Waals surface area contributed by atoms with Crippen molar-refractivity contribution in [1.82, 2.24) is 14.5 Å². The van der Waals surface area contributed by atoms with Crippen molar-refractivity contribution in [2.75, 3.05) is 13.1 Å². The molecule has 4 nitrogen and oxygen atoms in total. The minimum Gasteiger partial charge on any atom is -0.337 e. The summed E-state index contributed by atoms with van der Waals surface area (Å²) in [6, 6.07) is 0. The summed E-state index contributed by atoms with van der Waals surface area (Å²) in [5.41, 5.74) is 1.90. The fourth-order valence-electron chi connectivity index (χ4n) is 2.94. The molecule has 1 aromatic rings. The number of likely N-dealkylation sites (tertiary alicyclic amines) is 1. The summed E-state index contributed by atoms with van der Waals surface area (Å²) in [4.78, 5) is 18.7. The fraction of sp³-hybridized carbons (Fsp3) is 0.714. The number of aryl methyl sites for hydroxylation is 2. The predicted octanol–water partition coefficient (Wildman–Crippen LogP) is 2.38. The van der Waals surface area contributed by atoms with Crippen molar-refractivity contribution in [1.29, 1.82) is 0 Å². The number of imidazole rings is 1. The zero-order valence-corrected chi connectivity index (χ0v) is 11.9. The Kier molecular flexibility index (Phi) is 3.46. The van der Waals surface area contributed by atoms with Gasteiger partial charge in [-0.05, 0) is 31.6 Å². The molecule has 0 spiro atoms. The average Bonchev–Trinajstić information content (AvgIpc) is 2.94. The zero-order chi connectivity index (χ0) is 13.3. The number of nitrogens with zero attached hydrogens (tertiary/aromatic N) is 3. The van der Waals surface area contributed by atoms with Crippen LogP contribution in [0.4, 0.5) is 0 Å². The van der Waals surface area contributed by atoms with E-state index in [0.717, 1.165) is 43.7 Å². The van der Waals surface area contributed by atoms with Crippen LogP contribution >= 0.6 is 0 Å². The van der Waals surface area contributed by atoms with Gasteiger partial charge in [-0.2, -0.15) is 0 Å². The lowest BCUT2D eigenvalue weighted by Crippen LogP contribution is -2.33. The van der Waals surface area contributed by atoms with Crippen LogP contribution in [0, 0.1) is 12.3 Å². The molecule has 0 unspecified atom stereocenters. The van der Waals surface area contributed by atoms with Crippen molar-refractivity contribution in [3.05, 3.63) is 17.7 Å². The van der Waals surface area contributed by atoms with Crippen LogP contribution in [0.2, 0.25) is 0 Å². The van der Waals surface area contributed by atoms with E-state index in [9.17, 15) is 4.79 Å². The summed E-state index contributed by atoms with van der Waals surface area (Å²) in [7, 11) is 1.89. The first-order chi connectivity index (χ1) is 8.53. The van der Waals surface area contributed by atoms with Crippen LogP contribution in [0.3, 0.4) is 0 Å². The van der Waals surface area contributed by atoms with E-state index in [2.05, 4.69) is 18.8 Å². The topological polar surface area (TPSA) is 38.1 Å². The zero-order valence-electron chi connectivity index (χ0n) is 11.9. The summed E-state index contributed by atoms with van der Waals surface area (Å²) in [6.45, 7) is 8.13. The van der Waals surface area contributed by atoms with Crippen molar-refractivity contribution in [2.45, 2.75) is 40.0 Å². The second-order valence-electron chi connectivity index (χ2n) is 5.47. The number of hydrogen-bond donors (Lipinski definition) is 0. The van der Waals surface area contributed by atoms with Crippen LogP contribution in [0.1, 0.15) is 49.3 Å². The highest BCUT2D eigenvalue weighted by atomic mass is 16.2. The molecule has 0 atom stereocenters. The van der Waals surface area contributed by atoms with E-state index in [1.54, 1.807) is 6.33 Å². The third-order valence-corrected chi connectivity index (χ3v) is 4.55. The lowest BCUT2D eigenvalue weighted by molar-refractivity contribution is 0.0759. The Morgan fingerprint density at radius 2 is 2.11 bits per heavy atom. The Balaban J connectivity index is 2.18. The molecule has 1 aliphatic heterocycles. The monoisotopic (exact) mass is 249 g/mol. The summed E-state index contributed by atoms with van der Waals surface area (Å²) in [6.07, 6.45) is 5.14. The molecule has 0 radical (unpaired) electrons. The summed E-state index contributed by atoms with van der Waals surface area (Å²) >= 11 is 0. The Morgan fingerprint density at radius 1 is 1.44 bits per heavy atom. The quantitative estimate of drug-likeness (QED) is 0.825. The summed E-state index contributed by atoms with van der Waals surface area (Å²) in [5, 5.41) is 0. The van der Waals surface area contributed by atoms with E-state index >= 15 is 0 Å². The number of carbonyl (C=O) groups is 1. The second-order valence-corrected chi connectivity index (χ2v) is 5.47. The van der Waals surface area contributed by atoms with Crippen molar-refractivity contribution >= 4 is 5.91 Å². The molecule has 0 aliphatic carbocycles. The van der Waals surface area contributed by atoms with E-state index in [1.807, 2.05) is 23.4 Å². The molecule has 1 aliphatic rings. The van der Waals surface area contributed by atoms with Gasteiger partial charge in [0.2, 0.25) is 0 Å². The van der Waals surface area contributed by atoms with Gasteiger partial charge < -0.3 is 9.47 Å². The van der Waals surface area contributed by atoms with Crippen LogP contribution in [0.25, 0.3) is 0 Å². The molecule has 2 rings (SSSR count). The average molecular weight is 249 g/mol. The molecule has 0 N–H and O–H groups in total. The molecule has 18 heavy (non-hydrogen) atoms. The van der Waals surface area contributed by atoms with E-state index in [0.29, 0.717) is 5.41 Å². The van der Waals surface area contributed by atoms with Gasteiger partial charge in [-0.15, -0.1) is 0 Å². The Bertz CT molecular complexity index is 426. The molecular weight excluding hydrogens is 226 g/mol. The first kappa shape index (κ1) is 13.1.